The van der Waals surface area contributed by atoms with Crippen LogP contribution in [0.15, 0.2) is 12.1 Å². The highest BCUT2D eigenvalue weighted by molar-refractivity contribution is 7.92. The first-order valence-corrected chi connectivity index (χ1v) is 11.5. The highest BCUT2D eigenvalue weighted by Crippen LogP contribution is 2.41. The molecule has 0 fully saturated rings. The summed E-state index contributed by atoms with van der Waals surface area (Å²) in [6.07, 6.45) is 1.32. The first-order chi connectivity index (χ1) is 13.1. The largest absolute Gasteiger partial charge is 0.365 e. The zero-order valence-corrected chi connectivity index (χ0v) is 18.0. The molecule has 1 aromatic carbocycles. The quantitative estimate of drug-likeness (QED) is 0.515. The Morgan fingerprint density at radius 3 is 2.46 bits per heavy atom. The topological polar surface area (TPSA) is 130 Å². The molecule has 0 aliphatic carbocycles. The van der Waals surface area contributed by atoms with Gasteiger partial charge < -0.3 is 11.1 Å². The number of nitrogens with two attached hydrogens (primary N) is 1. The van der Waals surface area contributed by atoms with Crippen LogP contribution >= 0.6 is 11.3 Å². The average molecular weight is 427 g/mol. The summed E-state index contributed by atoms with van der Waals surface area (Å²) >= 11 is 1.24. The molecule has 0 unspecified atom stereocenters. The van der Waals surface area contributed by atoms with Crippen LogP contribution in [0.25, 0.3) is 10.1 Å². The molecule has 28 heavy (non-hydrogen) atoms. The van der Waals surface area contributed by atoms with Gasteiger partial charge in [-0.25, -0.2) is 13.2 Å². The maximum atomic E-state index is 12.3. The number of benzene rings is 1. The van der Waals surface area contributed by atoms with Gasteiger partial charge in [-0.15, -0.1) is 11.3 Å². The smallest absolute Gasteiger partial charge is 0.319 e. The third-order valence-electron chi connectivity index (χ3n) is 4.18. The van der Waals surface area contributed by atoms with Crippen molar-refractivity contribution in [1.82, 2.24) is 5.32 Å². The molecule has 0 saturated carbocycles. The standard InChI is InChI=1S/C18H26N4O4S2/c1-5-6-7-28(25,26)22-11-8-12(10(2)3)15-13(9-11)14(16(19)23)17(27-15)21-18(24)20-4/h8-10,22H,5-7H2,1-4H3,(H2,19,23)(H2,20,21,24). The van der Waals surface area contributed by atoms with Crippen LogP contribution in [0.5, 0.6) is 0 Å². The van der Waals surface area contributed by atoms with Crippen LogP contribution in [0.3, 0.4) is 0 Å². The van der Waals surface area contributed by atoms with Gasteiger partial charge in [-0.1, -0.05) is 27.2 Å². The minimum absolute atomic E-state index is 0.0222. The van der Waals surface area contributed by atoms with Crippen molar-refractivity contribution in [2.45, 2.75) is 39.5 Å². The van der Waals surface area contributed by atoms with Crippen molar-refractivity contribution in [3.63, 3.8) is 0 Å². The lowest BCUT2D eigenvalue weighted by Crippen LogP contribution is -2.25. The number of urea groups is 1. The van der Waals surface area contributed by atoms with Gasteiger partial charge in [0.2, 0.25) is 10.0 Å². The van der Waals surface area contributed by atoms with Crippen LogP contribution < -0.4 is 21.1 Å². The van der Waals surface area contributed by atoms with E-state index in [9.17, 15) is 18.0 Å². The van der Waals surface area contributed by atoms with E-state index < -0.39 is 22.0 Å². The van der Waals surface area contributed by atoms with Crippen molar-refractivity contribution >= 4 is 54.1 Å². The van der Waals surface area contributed by atoms with Crippen molar-refractivity contribution in [2.24, 2.45) is 5.73 Å². The van der Waals surface area contributed by atoms with Crippen LogP contribution in [0.4, 0.5) is 15.5 Å². The Labute approximate surface area is 168 Å². The Morgan fingerprint density at radius 2 is 1.93 bits per heavy atom. The van der Waals surface area contributed by atoms with Crippen molar-refractivity contribution < 1.29 is 18.0 Å². The lowest BCUT2D eigenvalue weighted by atomic mass is 9.99. The molecule has 154 valence electrons. The highest BCUT2D eigenvalue weighted by Gasteiger charge is 2.23. The number of fused-ring (bicyclic) bond motifs is 1. The van der Waals surface area contributed by atoms with E-state index in [1.807, 2.05) is 20.8 Å². The highest BCUT2D eigenvalue weighted by atomic mass is 32.2. The maximum absolute atomic E-state index is 12.3. The first kappa shape index (κ1) is 22.0. The SMILES string of the molecule is CCCCS(=O)(=O)Nc1cc(C(C)C)c2sc(NC(=O)NC)c(C(N)=O)c2c1. The normalized spacial score (nSPS) is 11.6. The summed E-state index contributed by atoms with van der Waals surface area (Å²) < 4.78 is 28.0. The number of hydrogen-bond donors (Lipinski definition) is 4. The van der Waals surface area contributed by atoms with Crippen LogP contribution in [-0.4, -0.2) is 33.2 Å². The Bertz CT molecular complexity index is 997. The second-order valence-electron chi connectivity index (χ2n) is 6.75. The van der Waals surface area contributed by atoms with E-state index in [0.717, 1.165) is 16.7 Å². The lowest BCUT2D eigenvalue weighted by molar-refractivity contribution is 0.100. The Kier molecular flexibility index (Phi) is 6.89. The number of carbonyl (C=O) groups excluding carboxylic acids is 2. The molecule has 3 amide bonds. The molecule has 5 N–H and O–H groups in total. The molecule has 8 nitrogen and oxygen atoms in total. The zero-order valence-electron chi connectivity index (χ0n) is 16.4. The number of carbonyl (C=O) groups is 2. The third kappa shape index (κ3) is 4.93. The average Bonchev–Trinajstić information content (AvgIpc) is 2.96. The van der Waals surface area contributed by atoms with Crippen LogP contribution in [0.2, 0.25) is 0 Å². The zero-order chi connectivity index (χ0) is 21.1. The summed E-state index contributed by atoms with van der Waals surface area (Å²) in [7, 11) is -2.03. The van der Waals surface area contributed by atoms with Gasteiger partial charge in [0, 0.05) is 22.8 Å². The van der Waals surface area contributed by atoms with E-state index in [-0.39, 0.29) is 17.2 Å². The predicted molar refractivity (Wildman–Crippen MR) is 115 cm³/mol. The number of thiophene rings is 1. The third-order valence-corrected chi connectivity index (χ3v) is 6.72. The molecule has 0 atom stereocenters. The fourth-order valence-corrected chi connectivity index (χ4v) is 5.37. The number of unbranched alkanes of at least 4 members (excludes halogenated alkanes) is 1. The molecule has 0 spiro atoms. The van der Waals surface area contributed by atoms with E-state index in [1.54, 1.807) is 12.1 Å². The van der Waals surface area contributed by atoms with Crippen LogP contribution in [-0.2, 0) is 10.0 Å². The van der Waals surface area contributed by atoms with E-state index in [4.69, 9.17) is 5.73 Å². The van der Waals surface area contributed by atoms with Crippen molar-refractivity contribution in [1.29, 1.82) is 0 Å². The molecule has 0 saturated heterocycles. The summed E-state index contributed by atoms with van der Waals surface area (Å²) in [5.41, 5.74) is 6.97. The summed E-state index contributed by atoms with van der Waals surface area (Å²) in [5, 5.41) is 5.90. The molecule has 0 aliphatic rings. The Morgan fingerprint density at radius 1 is 1.25 bits per heavy atom. The lowest BCUT2D eigenvalue weighted by Gasteiger charge is -2.13. The fraction of sp³-hybridized carbons (Fsp3) is 0.444. The van der Waals surface area contributed by atoms with Crippen LogP contribution in [0.1, 0.15) is 55.5 Å². The molecule has 1 aromatic heterocycles. The van der Waals surface area contributed by atoms with E-state index in [1.165, 1.54) is 18.4 Å². The number of rotatable bonds is 8. The molecular weight excluding hydrogens is 400 g/mol. The summed E-state index contributed by atoms with van der Waals surface area (Å²) in [6, 6.07) is 2.89. The van der Waals surface area contributed by atoms with Crippen molar-refractivity contribution in [3.8, 4) is 0 Å². The van der Waals surface area contributed by atoms with Crippen LogP contribution in [0, 0.1) is 0 Å². The molecule has 1 heterocycles. The fourth-order valence-electron chi connectivity index (χ4n) is 2.78. The van der Waals surface area contributed by atoms with Gasteiger partial charge in [-0.2, -0.15) is 0 Å². The Hall–Kier alpha value is -2.33. The van der Waals surface area contributed by atoms with Gasteiger partial charge in [0.05, 0.1) is 11.3 Å². The Balaban J connectivity index is 2.65. The van der Waals surface area contributed by atoms with Crippen molar-refractivity contribution in [2.75, 3.05) is 22.8 Å². The molecule has 10 heteroatoms. The second-order valence-corrected chi connectivity index (χ2v) is 9.61. The molecule has 2 rings (SSSR count). The van der Waals surface area contributed by atoms with Crippen molar-refractivity contribution in [3.05, 3.63) is 23.3 Å². The van der Waals surface area contributed by atoms with Gasteiger partial charge in [0.15, 0.2) is 0 Å². The van der Waals surface area contributed by atoms with E-state index >= 15 is 0 Å². The van der Waals surface area contributed by atoms with E-state index in [2.05, 4.69) is 15.4 Å². The number of nitrogens with one attached hydrogen (secondary N) is 3. The predicted octanol–water partition coefficient (Wildman–Crippen LogP) is 3.42. The second kappa shape index (κ2) is 8.78. The number of anilines is 2. The molecule has 2 aromatic rings. The molecule has 0 bridgehead atoms. The monoisotopic (exact) mass is 426 g/mol. The number of amides is 3. The van der Waals surface area contributed by atoms with Gasteiger partial charge in [-0.3, -0.25) is 14.8 Å². The molecular formula is C18H26N4O4S2. The van der Waals surface area contributed by atoms with Gasteiger partial charge >= 0.3 is 6.03 Å². The minimum atomic E-state index is -3.50. The maximum Gasteiger partial charge on any atom is 0.319 e. The molecule has 0 aliphatic heterocycles. The van der Waals surface area contributed by atoms with Gasteiger partial charge in [0.25, 0.3) is 5.91 Å². The van der Waals surface area contributed by atoms with E-state index in [0.29, 0.717) is 22.5 Å². The summed E-state index contributed by atoms with van der Waals surface area (Å²) in [5.74, 6) is -0.609. The minimum Gasteiger partial charge on any atom is -0.365 e. The number of primary amides is 1. The number of sulfonamides is 1. The summed E-state index contributed by atoms with van der Waals surface area (Å²) in [4.78, 5) is 23.9. The first-order valence-electron chi connectivity index (χ1n) is 8.99. The van der Waals surface area contributed by atoms with Gasteiger partial charge in [0.1, 0.15) is 5.00 Å². The number of hydrogen-bond acceptors (Lipinski definition) is 5. The molecule has 0 radical (unpaired) electrons. The van der Waals surface area contributed by atoms with Gasteiger partial charge in [-0.05, 0) is 30.0 Å². The summed E-state index contributed by atoms with van der Waals surface area (Å²) in [6.45, 7) is 5.86.